The van der Waals surface area contributed by atoms with Crippen LogP contribution in [0.4, 0.5) is 0 Å². The van der Waals surface area contributed by atoms with Gasteiger partial charge in [0, 0.05) is 25.4 Å². The summed E-state index contributed by atoms with van der Waals surface area (Å²) in [5.41, 5.74) is 4.13. The number of benzene rings is 1. The lowest BCUT2D eigenvalue weighted by atomic mass is 9.60. The number of hydrogen-bond acceptors (Lipinski definition) is 3. The standard InChI is InChI=1S/C23H29N3/c1-22(2,3)23(10-13-24)11-16-26(17-12-23)18-19-4-6-20(7-5-19)21-8-14-25-15-9-21/h4-9,14-15H,10-12,16-18H2,1-3H3. The van der Waals surface area contributed by atoms with Crippen LogP contribution < -0.4 is 0 Å². The third-order valence-electron chi connectivity index (χ3n) is 6.20. The van der Waals surface area contributed by atoms with Crippen LogP contribution in [0.5, 0.6) is 0 Å². The van der Waals surface area contributed by atoms with Crippen LogP contribution in [-0.2, 0) is 6.54 Å². The highest BCUT2D eigenvalue weighted by molar-refractivity contribution is 5.62. The molecule has 1 saturated heterocycles. The zero-order valence-corrected chi connectivity index (χ0v) is 16.2. The number of hydrogen-bond donors (Lipinski definition) is 0. The minimum atomic E-state index is 0.156. The third kappa shape index (κ3) is 3.97. The molecule has 3 heteroatoms. The summed E-state index contributed by atoms with van der Waals surface area (Å²) in [7, 11) is 0. The normalized spacial score (nSPS) is 17.6. The Morgan fingerprint density at radius 3 is 2.12 bits per heavy atom. The van der Waals surface area contributed by atoms with Gasteiger partial charge in [0.15, 0.2) is 0 Å². The van der Waals surface area contributed by atoms with Gasteiger partial charge in [-0.05, 0) is 65.6 Å². The molecule has 0 saturated carbocycles. The summed E-state index contributed by atoms with van der Waals surface area (Å²) in [5, 5.41) is 9.30. The fourth-order valence-electron chi connectivity index (χ4n) is 4.09. The van der Waals surface area contributed by atoms with Crippen molar-refractivity contribution >= 4 is 0 Å². The molecule has 1 aromatic heterocycles. The van der Waals surface area contributed by atoms with Crippen LogP contribution in [-0.4, -0.2) is 23.0 Å². The van der Waals surface area contributed by atoms with E-state index in [9.17, 15) is 5.26 Å². The van der Waals surface area contributed by atoms with E-state index in [0.717, 1.165) is 32.5 Å². The van der Waals surface area contributed by atoms with E-state index in [0.29, 0.717) is 6.42 Å². The number of aromatic nitrogens is 1. The fraction of sp³-hybridized carbons (Fsp3) is 0.478. The van der Waals surface area contributed by atoms with Gasteiger partial charge in [0.1, 0.15) is 0 Å². The van der Waals surface area contributed by atoms with Crippen molar-refractivity contribution in [3.63, 3.8) is 0 Å². The molecule has 0 amide bonds. The molecule has 1 aliphatic heterocycles. The van der Waals surface area contributed by atoms with E-state index in [4.69, 9.17) is 0 Å². The largest absolute Gasteiger partial charge is 0.299 e. The van der Waals surface area contributed by atoms with Gasteiger partial charge in [-0.3, -0.25) is 9.88 Å². The molecular formula is C23H29N3. The van der Waals surface area contributed by atoms with Crippen molar-refractivity contribution in [1.29, 1.82) is 5.26 Å². The van der Waals surface area contributed by atoms with Gasteiger partial charge in [-0.2, -0.15) is 5.26 Å². The number of nitrogens with zero attached hydrogens (tertiary/aromatic N) is 3. The lowest BCUT2D eigenvalue weighted by Crippen LogP contribution is -2.46. The van der Waals surface area contributed by atoms with Gasteiger partial charge in [0.05, 0.1) is 6.07 Å². The second kappa shape index (κ2) is 7.60. The quantitative estimate of drug-likeness (QED) is 0.754. The Morgan fingerprint density at radius 1 is 1.00 bits per heavy atom. The maximum Gasteiger partial charge on any atom is 0.0627 e. The summed E-state index contributed by atoms with van der Waals surface area (Å²) in [6, 6.07) is 15.4. The van der Waals surface area contributed by atoms with Gasteiger partial charge in [0.2, 0.25) is 0 Å². The molecule has 0 spiro atoms. The monoisotopic (exact) mass is 347 g/mol. The van der Waals surface area contributed by atoms with Crippen LogP contribution in [0.3, 0.4) is 0 Å². The number of piperidine rings is 1. The predicted molar refractivity (Wildman–Crippen MR) is 106 cm³/mol. The van der Waals surface area contributed by atoms with Crippen LogP contribution in [0.2, 0.25) is 0 Å². The Balaban J connectivity index is 1.62. The minimum Gasteiger partial charge on any atom is -0.299 e. The molecule has 1 fully saturated rings. The molecule has 0 bridgehead atoms. The summed E-state index contributed by atoms with van der Waals surface area (Å²) in [6.45, 7) is 10.0. The van der Waals surface area contributed by atoms with Crippen molar-refractivity contribution < 1.29 is 0 Å². The van der Waals surface area contributed by atoms with Gasteiger partial charge in [-0.15, -0.1) is 0 Å². The van der Waals surface area contributed by atoms with Gasteiger partial charge in [-0.1, -0.05) is 45.0 Å². The average Bonchev–Trinajstić information content (AvgIpc) is 2.64. The molecule has 0 radical (unpaired) electrons. The van der Waals surface area contributed by atoms with Crippen molar-refractivity contribution in [1.82, 2.24) is 9.88 Å². The molecule has 0 atom stereocenters. The van der Waals surface area contributed by atoms with Crippen molar-refractivity contribution in [3.8, 4) is 17.2 Å². The van der Waals surface area contributed by atoms with Crippen LogP contribution in [0.25, 0.3) is 11.1 Å². The van der Waals surface area contributed by atoms with Gasteiger partial charge in [0.25, 0.3) is 0 Å². The van der Waals surface area contributed by atoms with Gasteiger partial charge >= 0.3 is 0 Å². The third-order valence-corrected chi connectivity index (χ3v) is 6.20. The van der Waals surface area contributed by atoms with Crippen molar-refractivity contribution in [2.45, 2.75) is 46.6 Å². The molecule has 1 aliphatic rings. The molecule has 3 nitrogen and oxygen atoms in total. The molecule has 2 heterocycles. The van der Waals surface area contributed by atoms with E-state index in [-0.39, 0.29) is 10.8 Å². The molecule has 0 unspecified atom stereocenters. The highest BCUT2D eigenvalue weighted by Crippen LogP contribution is 2.49. The molecule has 26 heavy (non-hydrogen) atoms. The first-order chi connectivity index (χ1) is 12.4. The lowest BCUT2D eigenvalue weighted by Gasteiger charge is -2.49. The predicted octanol–water partition coefficient (Wildman–Crippen LogP) is 5.29. The van der Waals surface area contributed by atoms with Crippen LogP contribution in [0.15, 0.2) is 48.8 Å². The Hall–Kier alpha value is -2.18. The average molecular weight is 348 g/mol. The van der Waals surface area contributed by atoms with Crippen molar-refractivity contribution in [2.24, 2.45) is 10.8 Å². The molecule has 136 valence electrons. The van der Waals surface area contributed by atoms with Crippen molar-refractivity contribution in [2.75, 3.05) is 13.1 Å². The Kier molecular flexibility index (Phi) is 5.44. The van der Waals surface area contributed by atoms with Gasteiger partial charge < -0.3 is 0 Å². The highest BCUT2D eigenvalue weighted by Gasteiger charge is 2.43. The van der Waals surface area contributed by atoms with E-state index >= 15 is 0 Å². The summed E-state index contributed by atoms with van der Waals surface area (Å²) < 4.78 is 0. The first kappa shape index (κ1) is 18.6. The second-order valence-electron chi connectivity index (χ2n) is 8.57. The molecule has 3 rings (SSSR count). The van der Waals surface area contributed by atoms with Crippen molar-refractivity contribution in [3.05, 3.63) is 54.4 Å². The maximum absolute atomic E-state index is 9.30. The molecule has 2 aromatic rings. The smallest absolute Gasteiger partial charge is 0.0627 e. The van der Waals surface area contributed by atoms with Crippen LogP contribution in [0, 0.1) is 22.2 Å². The first-order valence-electron chi connectivity index (χ1n) is 9.52. The molecule has 1 aromatic carbocycles. The van der Waals surface area contributed by atoms with E-state index in [1.54, 1.807) is 0 Å². The highest BCUT2D eigenvalue weighted by atomic mass is 15.1. The lowest BCUT2D eigenvalue weighted by molar-refractivity contribution is 0.00711. The van der Waals surface area contributed by atoms with Crippen LogP contribution >= 0.6 is 0 Å². The van der Waals surface area contributed by atoms with Crippen LogP contribution in [0.1, 0.15) is 45.6 Å². The number of rotatable bonds is 4. The SMILES string of the molecule is CC(C)(C)C1(CC#N)CCN(Cc2ccc(-c3ccncc3)cc2)CC1. The Morgan fingerprint density at radius 2 is 1.58 bits per heavy atom. The van der Waals surface area contributed by atoms with E-state index in [1.807, 2.05) is 24.5 Å². The Bertz CT molecular complexity index is 743. The first-order valence-corrected chi connectivity index (χ1v) is 9.52. The minimum absolute atomic E-state index is 0.156. The zero-order valence-electron chi connectivity index (χ0n) is 16.2. The Labute approximate surface area is 157 Å². The van der Waals surface area contributed by atoms with E-state index in [2.05, 4.69) is 61.0 Å². The summed E-state index contributed by atoms with van der Waals surface area (Å²) >= 11 is 0. The molecule has 0 N–H and O–H groups in total. The second-order valence-corrected chi connectivity index (χ2v) is 8.57. The van der Waals surface area contributed by atoms with E-state index in [1.165, 1.54) is 16.7 Å². The molecular weight excluding hydrogens is 318 g/mol. The topological polar surface area (TPSA) is 39.9 Å². The fourth-order valence-corrected chi connectivity index (χ4v) is 4.09. The summed E-state index contributed by atoms with van der Waals surface area (Å²) in [6.07, 6.45) is 6.56. The summed E-state index contributed by atoms with van der Waals surface area (Å²) in [5.74, 6) is 0. The number of likely N-dealkylation sites (tertiary alicyclic amines) is 1. The zero-order chi connectivity index (χ0) is 18.6. The number of pyridine rings is 1. The van der Waals surface area contributed by atoms with E-state index < -0.39 is 0 Å². The molecule has 0 aliphatic carbocycles. The summed E-state index contributed by atoms with van der Waals surface area (Å²) in [4.78, 5) is 6.61. The maximum atomic E-state index is 9.30. The van der Waals surface area contributed by atoms with Gasteiger partial charge in [-0.25, -0.2) is 0 Å². The number of nitriles is 1.